The number of methoxy groups -OCH3 is 1. The van der Waals surface area contributed by atoms with Crippen LogP contribution in [-0.2, 0) is 0 Å². The van der Waals surface area contributed by atoms with Gasteiger partial charge in [-0.3, -0.25) is 0 Å². The van der Waals surface area contributed by atoms with Crippen LogP contribution in [-0.4, -0.2) is 17.1 Å². The lowest BCUT2D eigenvalue weighted by Crippen LogP contribution is -1.89. The average molecular weight is 303 g/mol. The van der Waals surface area contributed by atoms with E-state index in [0.29, 0.717) is 0 Å². The van der Waals surface area contributed by atoms with Gasteiger partial charge in [0.15, 0.2) is 0 Å². The molecule has 3 nitrogen and oxygen atoms in total. The normalized spacial score (nSPS) is 10.8. The van der Waals surface area contributed by atoms with Crippen molar-refractivity contribution in [2.24, 2.45) is 0 Å². The summed E-state index contributed by atoms with van der Waals surface area (Å²) in [6.07, 6.45) is 0. The van der Waals surface area contributed by atoms with Crippen LogP contribution in [0.1, 0.15) is 0 Å². The van der Waals surface area contributed by atoms with Crippen LogP contribution < -0.4 is 4.74 Å². The monoisotopic (exact) mass is 302 g/mol. The molecule has 0 saturated heterocycles. The topological polar surface area (TPSA) is 37.9 Å². The molecule has 0 atom stereocenters. The highest BCUT2D eigenvalue weighted by Crippen LogP contribution is 2.31. The SMILES string of the molecule is COc1ccc(Br)cc1-c1nc2ccccc2[nH]1. The summed E-state index contributed by atoms with van der Waals surface area (Å²) in [4.78, 5) is 7.88. The summed E-state index contributed by atoms with van der Waals surface area (Å²) < 4.78 is 6.37. The third-order valence-corrected chi connectivity index (χ3v) is 3.30. The third-order valence-electron chi connectivity index (χ3n) is 2.81. The maximum Gasteiger partial charge on any atom is 0.142 e. The first-order valence-electron chi connectivity index (χ1n) is 5.56. The Bertz CT molecular complexity index is 673. The first kappa shape index (κ1) is 11.3. The molecule has 0 spiro atoms. The highest BCUT2D eigenvalue weighted by Gasteiger charge is 2.10. The first-order valence-corrected chi connectivity index (χ1v) is 6.36. The summed E-state index contributed by atoms with van der Waals surface area (Å²) in [5.41, 5.74) is 2.92. The van der Waals surface area contributed by atoms with Crippen LogP contribution >= 0.6 is 15.9 Å². The number of ether oxygens (including phenoxy) is 1. The van der Waals surface area contributed by atoms with Gasteiger partial charge < -0.3 is 9.72 Å². The van der Waals surface area contributed by atoms with Gasteiger partial charge in [0.2, 0.25) is 0 Å². The molecule has 0 aliphatic rings. The van der Waals surface area contributed by atoms with E-state index in [2.05, 4.69) is 25.9 Å². The molecule has 0 unspecified atom stereocenters. The molecule has 3 rings (SSSR count). The van der Waals surface area contributed by atoms with Gasteiger partial charge in [0.25, 0.3) is 0 Å². The van der Waals surface area contributed by atoms with Crippen LogP contribution in [0.2, 0.25) is 0 Å². The van der Waals surface area contributed by atoms with Crippen molar-refractivity contribution >= 4 is 27.0 Å². The molecule has 4 heteroatoms. The molecular weight excluding hydrogens is 292 g/mol. The second kappa shape index (κ2) is 4.46. The molecular formula is C14H11BrN2O. The fourth-order valence-corrected chi connectivity index (χ4v) is 2.31. The van der Waals surface area contributed by atoms with E-state index in [1.54, 1.807) is 7.11 Å². The standard InChI is InChI=1S/C14H11BrN2O/c1-18-13-7-6-9(15)8-10(13)14-16-11-4-2-3-5-12(11)17-14/h2-8H,1H3,(H,16,17). The second-order valence-corrected chi connectivity index (χ2v) is 4.86. The van der Waals surface area contributed by atoms with Crippen LogP contribution in [0.3, 0.4) is 0 Å². The number of para-hydroxylation sites is 2. The average Bonchev–Trinajstić information content (AvgIpc) is 2.82. The lowest BCUT2D eigenvalue weighted by atomic mass is 10.2. The summed E-state index contributed by atoms with van der Waals surface area (Å²) in [5.74, 6) is 1.62. The zero-order valence-electron chi connectivity index (χ0n) is 9.77. The highest BCUT2D eigenvalue weighted by atomic mass is 79.9. The van der Waals surface area contributed by atoms with Crippen molar-refractivity contribution in [3.8, 4) is 17.1 Å². The van der Waals surface area contributed by atoms with Crippen molar-refractivity contribution in [2.45, 2.75) is 0 Å². The summed E-state index contributed by atoms with van der Waals surface area (Å²) in [6, 6.07) is 13.8. The highest BCUT2D eigenvalue weighted by molar-refractivity contribution is 9.10. The smallest absolute Gasteiger partial charge is 0.142 e. The number of nitrogens with zero attached hydrogens (tertiary/aromatic N) is 1. The van der Waals surface area contributed by atoms with Gasteiger partial charge in [-0.1, -0.05) is 28.1 Å². The Labute approximate surface area is 113 Å². The lowest BCUT2D eigenvalue weighted by molar-refractivity contribution is 0.416. The van der Waals surface area contributed by atoms with E-state index in [-0.39, 0.29) is 0 Å². The minimum atomic E-state index is 0.803. The summed E-state index contributed by atoms with van der Waals surface area (Å²) in [5, 5.41) is 0. The fourth-order valence-electron chi connectivity index (χ4n) is 1.95. The maximum atomic E-state index is 5.37. The molecule has 0 fully saturated rings. The number of aromatic nitrogens is 2. The van der Waals surface area contributed by atoms with Gasteiger partial charge in [-0.2, -0.15) is 0 Å². The first-order chi connectivity index (χ1) is 8.78. The van der Waals surface area contributed by atoms with E-state index in [4.69, 9.17) is 4.74 Å². The molecule has 1 heterocycles. The van der Waals surface area contributed by atoms with Gasteiger partial charge in [-0.25, -0.2) is 4.98 Å². The summed E-state index contributed by atoms with van der Waals surface area (Å²) >= 11 is 3.47. The van der Waals surface area contributed by atoms with Gasteiger partial charge in [-0.15, -0.1) is 0 Å². The van der Waals surface area contributed by atoms with E-state index in [1.165, 1.54) is 0 Å². The van der Waals surface area contributed by atoms with Crippen LogP contribution in [0.15, 0.2) is 46.9 Å². The van der Waals surface area contributed by atoms with Crippen molar-refractivity contribution in [1.82, 2.24) is 9.97 Å². The zero-order valence-corrected chi connectivity index (χ0v) is 11.4. The quantitative estimate of drug-likeness (QED) is 0.777. The third kappa shape index (κ3) is 1.88. The number of hydrogen-bond acceptors (Lipinski definition) is 2. The number of hydrogen-bond donors (Lipinski definition) is 1. The van der Waals surface area contributed by atoms with Gasteiger partial charge in [0.05, 0.1) is 23.7 Å². The van der Waals surface area contributed by atoms with Crippen LogP contribution in [0.25, 0.3) is 22.4 Å². The predicted molar refractivity (Wildman–Crippen MR) is 75.8 cm³/mol. The predicted octanol–water partition coefficient (Wildman–Crippen LogP) is 4.00. The molecule has 0 bridgehead atoms. The Morgan fingerprint density at radius 2 is 2.00 bits per heavy atom. The van der Waals surface area contributed by atoms with E-state index in [1.807, 2.05) is 42.5 Å². The van der Waals surface area contributed by atoms with Gasteiger partial charge >= 0.3 is 0 Å². The minimum absolute atomic E-state index is 0.803. The zero-order chi connectivity index (χ0) is 12.5. The van der Waals surface area contributed by atoms with Crippen LogP contribution in [0.5, 0.6) is 5.75 Å². The number of rotatable bonds is 2. The molecule has 18 heavy (non-hydrogen) atoms. The Morgan fingerprint density at radius 1 is 1.17 bits per heavy atom. The molecule has 2 aromatic carbocycles. The Morgan fingerprint density at radius 3 is 2.78 bits per heavy atom. The summed E-state index contributed by atoms with van der Waals surface area (Å²) in [7, 11) is 1.66. The van der Waals surface area contributed by atoms with Gasteiger partial charge in [0.1, 0.15) is 11.6 Å². The Kier molecular flexibility index (Phi) is 2.80. The molecule has 1 N–H and O–H groups in total. The molecule has 0 saturated carbocycles. The van der Waals surface area contributed by atoms with Crippen molar-refractivity contribution in [2.75, 3.05) is 7.11 Å². The van der Waals surface area contributed by atoms with Crippen molar-refractivity contribution < 1.29 is 4.74 Å². The molecule has 0 aliphatic carbocycles. The Balaban J connectivity index is 2.22. The second-order valence-electron chi connectivity index (χ2n) is 3.95. The number of fused-ring (bicyclic) bond motifs is 1. The van der Waals surface area contributed by atoms with Crippen molar-refractivity contribution in [1.29, 1.82) is 0 Å². The molecule has 0 aliphatic heterocycles. The molecule has 0 radical (unpaired) electrons. The Hall–Kier alpha value is -1.81. The summed E-state index contributed by atoms with van der Waals surface area (Å²) in [6.45, 7) is 0. The van der Waals surface area contributed by atoms with Crippen molar-refractivity contribution in [3.63, 3.8) is 0 Å². The van der Waals surface area contributed by atoms with E-state index < -0.39 is 0 Å². The van der Waals surface area contributed by atoms with Gasteiger partial charge in [-0.05, 0) is 30.3 Å². The number of aromatic amines is 1. The van der Waals surface area contributed by atoms with Gasteiger partial charge in [0, 0.05) is 4.47 Å². The van der Waals surface area contributed by atoms with E-state index >= 15 is 0 Å². The largest absolute Gasteiger partial charge is 0.496 e. The number of benzene rings is 2. The van der Waals surface area contributed by atoms with Crippen LogP contribution in [0, 0.1) is 0 Å². The maximum absolute atomic E-state index is 5.37. The number of halogens is 1. The van der Waals surface area contributed by atoms with Crippen LogP contribution in [0.4, 0.5) is 0 Å². The number of H-pyrrole nitrogens is 1. The van der Waals surface area contributed by atoms with Crippen molar-refractivity contribution in [3.05, 3.63) is 46.9 Å². The van der Waals surface area contributed by atoms with E-state index in [0.717, 1.165) is 32.6 Å². The molecule has 90 valence electrons. The van der Waals surface area contributed by atoms with E-state index in [9.17, 15) is 0 Å². The fraction of sp³-hybridized carbons (Fsp3) is 0.0714. The molecule has 1 aromatic heterocycles. The molecule has 3 aromatic rings. The molecule has 0 amide bonds. The lowest BCUT2D eigenvalue weighted by Gasteiger charge is -2.06. The number of imidazole rings is 1. The number of nitrogens with one attached hydrogen (secondary N) is 1. The minimum Gasteiger partial charge on any atom is -0.496 e.